The van der Waals surface area contributed by atoms with Crippen molar-refractivity contribution in [2.24, 2.45) is 0 Å². The van der Waals surface area contributed by atoms with Crippen molar-refractivity contribution in [1.82, 2.24) is 5.32 Å². The van der Waals surface area contributed by atoms with E-state index >= 15 is 0 Å². The molecule has 1 aromatic carbocycles. The molecule has 0 radical (unpaired) electrons. The molecule has 0 saturated heterocycles. The Hall–Kier alpha value is -0.900. The van der Waals surface area contributed by atoms with Crippen LogP contribution in [0.2, 0.25) is 5.02 Å². The quantitative estimate of drug-likeness (QED) is 0.745. The molecule has 0 bridgehead atoms. The number of benzene rings is 1. The number of rotatable bonds is 6. The van der Waals surface area contributed by atoms with Crippen LogP contribution in [0.4, 0.5) is 4.39 Å². The summed E-state index contributed by atoms with van der Waals surface area (Å²) in [5, 5.41) is 3.74. The van der Waals surface area contributed by atoms with E-state index in [0.29, 0.717) is 0 Å². The summed E-state index contributed by atoms with van der Waals surface area (Å²) in [6.07, 6.45) is 1.85. The van der Waals surface area contributed by atoms with Gasteiger partial charge in [0.1, 0.15) is 5.82 Å². The maximum Gasteiger partial charge on any atom is 0.142 e. The molecule has 0 aliphatic heterocycles. The Morgan fingerprint density at radius 2 is 2.05 bits per heavy atom. The second kappa shape index (κ2) is 7.39. The van der Waals surface area contributed by atoms with E-state index in [2.05, 4.69) is 32.2 Å². The van der Waals surface area contributed by atoms with Gasteiger partial charge < -0.3 is 5.32 Å². The lowest BCUT2D eigenvalue weighted by Gasteiger charge is -2.17. The molecular formula is C17H21ClFNS. The van der Waals surface area contributed by atoms with E-state index in [-0.39, 0.29) is 16.9 Å². The van der Waals surface area contributed by atoms with Crippen LogP contribution in [0.5, 0.6) is 0 Å². The van der Waals surface area contributed by atoms with Crippen LogP contribution >= 0.6 is 22.9 Å². The van der Waals surface area contributed by atoms with Gasteiger partial charge in [-0.25, -0.2) is 4.39 Å². The van der Waals surface area contributed by atoms with Gasteiger partial charge in [-0.3, -0.25) is 0 Å². The van der Waals surface area contributed by atoms with Crippen LogP contribution in [0, 0.1) is 19.7 Å². The Kier molecular flexibility index (Phi) is 5.80. The number of hydrogen-bond donors (Lipinski definition) is 1. The number of hydrogen-bond acceptors (Lipinski definition) is 2. The maximum absolute atomic E-state index is 13.6. The summed E-state index contributed by atoms with van der Waals surface area (Å²) >= 11 is 7.57. The highest BCUT2D eigenvalue weighted by atomic mass is 35.5. The van der Waals surface area contributed by atoms with Gasteiger partial charge in [0.2, 0.25) is 0 Å². The summed E-state index contributed by atoms with van der Waals surface area (Å²) in [4.78, 5) is 2.66. The highest BCUT2D eigenvalue weighted by Gasteiger charge is 2.15. The molecule has 21 heavy (non-hydrogen) atoms. The first kappa shape index (κ1) is 16.5. The summed E-state index contributed by atoms with van der Waals surface area (Å²) in [7, 11) is 0. The molecule has 1 nitrogen and oxygen atoms in total. The van der Waals surface area contributed by atoms with Gasteiger partial charge in [-0.15, -0.1) is 11.3 Å². The van der Waals surface area contributed by atoms with Gasteiger partial charge in [0, 0.05) is 15.8 Å². The predicted octanol–water partition coefficient (Wildman–Crippen LogP) is 5.44. The fraction of sp³-hybridized carbons (Fsp3) is 0.412. The molecule has 0 saturated carbocycles. The Morgan fingerprint density at radius 3 is 2.62 bits per heavy atom. The molecule has 1 atom stereocenters. The smallest absolute Gasteiger partial charge is 0.142 e. The lowest BCUT2D eigenvalue weighted by molar-refractivity contribution is 0.534. The standard InChI is InChI=1S/C17H21ClFNS/c1-4-7-20-16(17-8-11(2)12(3)21-17)10-13-5-6-14(18)15(19)9-13/h5-6,8-9,16,20H,4,7,10H2,1-3H3. The van der Waals surface area contributed by atoms with Crippen molar-refractivity contribution in [1.29, 1.82) is 0 Å². The Bertz CT molecular complexity index is 589. The van der Waals surface area contributed by atoms with Gasteiger partial charge in [0.25, 0.3) is 0 Å². The molecule has 1 unspecified atom stereocenters. The third kappa shape index (κ3) is 4.29. The predicted molar refractivity (Wildman–Crippen MR) is 89.9 cm³/mol. The largest absolute Gasteiger partial charge is 0.309 e. The fourth-order valence-corrected chi connectivity index (χ4v) is 3.50. The van der Waals surface area contributed by atoms with E-state index in [4.69, 9.17) is 11.6 Å². The Labute approximate surface area is 135 Å². The van der Waals surface area contributed by atoms with Crippen LogP contribution in [-0.2, 0) is 6.42 Å². The SMILES string of the molecule is CCCNC(Cc1ccc(Cl)c(F)c1)c1cc(C)c(C)s1. The lowest BCUT2D eigenvalue weighted by atomic mass is 10.0. The fourth-order valence-electron chi connectivity index (χ4n) is 2.27. The lowest BCUT2D eigenvalue weighted by Crippen LogP contribution is -2.23. The zero-order valence-electron chi connectivity index (χ0n) is 12.7. The van der Waals surface area contributed by atoms with E-state index in [1.165, 1.54) is 21.4 Å². The van der Waals surface area contributed by atoms with E-state index in [1.807, 2.05) is 17.4 Å². The molecule has 1 heterocycles. The van der Waals surface area contributed by atoms with Crippen LogP contribution in [0.15, 0.2) is 24.3 Å². The second-order valence-electron chi connectivity index (χ2n) is 5.35. The summed E-state index contributed by atoms with van der Waals surface area (Å²) < 4.78 is 13.6. The summed E-state index contributed by atoms with van der Waals surface area (Å²) in [5.41, 5.74) is 2.29. The minimum atomic E-state index is -0.345. The van der Waals surface area contributed by atoms with Crippen LogP contribution in [-0.4, -0.2) is 6.54 Å². The maximum atomic E-state index is 13.6. The van der Waals surface area contributed by atoms with E-state index in [9.17, 15) is 4.39 Å². The molecule has 0 fully saturated rings. The monoisotopic (exact) mass is 325 g/mol. The van der Waals surface area contributed by atoms with Crippen molar-refractivity contribution >= 4 is 22.9 Å². The van der Waals surface area contributed by atoms with Gasteiger partial charge in [-0.1, -0.05) is 24.6 Å². The van der Waals surface area contributed by atoms with Crippen LogP contribution < -0.4 is 5.32 Å². The van der Waals surface area contributed by atoms with Crippen molar-refractivity contribution < 1.29 is 4.39 Å². The molecule has 114 valence electrons. The normalized spacial score (nSPS) is 12.6. The van der Waals surface area contributed by atoms with Crippen molar-refractivity contribution in [3.05, 3.63) is 56.0 Å². The van der Waals surface area contributed by atoms with E-state index in [0.717, 1.165) is 24.9 Å². The first-order valence-electron chi connectivity index (χ1n) is 7.25. The summed E-state index contributed by atoms with van der Waals surface area (Å²) in [6.45, 7) is 7.38. The van der Waals surface area contributed by atoms with Gasteiger partial charge in [0.15, 0.2) is 0 Å². The van der Waals surface area contributed by atoms with Gasteiger partial charge in [-0.2, -0.15) is 0 Å². The summed E-state index contributed by atoms with van der Waals surface area (Å²) in [6, 6.07) is 7.53. The molecule has 2 aromatic rings. The average Bonchev–Trinajstić information content (AvgIpc) is 2.78. The first-order valence-corrected chi connectivity index (χ1v) is 8.45. The molecule has 0 aliphatic carbocycles. The molecule has 1 aromatic heterocycles. The molecular weight excluding hydrogens is 305 g/mol. The van der Waals surface area contributed by atoms with Crippen molar-refractivity contribution in [2.75, 3.05) is 6.54 Å². The third-order valence-electron chi connectivity index (χ3n) is 3.59. The molecule has 2 rings (SSSR count). The van der Waals surface area contributed by atoms with Crippen molar-refractivity contribution in [3.8, 4) is 0 Å². The first-order chi connectivity index (χ1) is 10.0. The molecule has 0 spiro atoms. The minimum Gasteiger partial charge on any atom is -0.309 e. The third-order valence-corrected chi connectivity index (χ3v) is 5.17. The number of nitrogens with one attached hydrogen (secondary N) is 1. The summed E-state index contributed by atoms with van der Waals surface area (Å²) in [5.74, 6) is -0.345. The Morgan fingerprint density at radius 1 is 1.29 bits per heavy atom. The topological polar surface area (TPSA) is 12.0 Å². The molecule has 4 heteroatoms. The van der Waals surface area contributed by atoms with Crippen molar-refractivity contribution in [3.63, 3.8) is 0 Å². The Balaban J connectivity index is 2.21. The van der Waals surface area contributed by atoms with Crippen LogP contribution in [0.3, 0.4) is 0 Å². The van der Waals surface area contributed by atoms with Crippen LogP contribution in [0.25, 0.3) is 0 Å². The van der Waals surface area contributed by atoms with E-state index < -0.39 is 0 Å². The van der Waals surface area contributed by atoms with Gasteiger partial charge in [-0.05, 0) is 62.6 Å². The molecule has 1 N–H and O–H groups in total. The van der Waals surface area contributed by atoms with Crippen molar-refractivity contribution in [2.45, 2.75) is 39.7 Å². The highest BCUT2D eigenvalue weighted by Crippen LogP contribution is 2.29. The molecule has 0 aliphatic rings. The second-order valence-corrected chi connectivity index (χ2v) is 7.04. The van der Waals surface area contributed by atoms with Gasteiger partial charge in [0.05, 0.1) is 5.02 Å². The number of halogens is 2. The number of thiophene rings is 1. The zero-order chi connectivity index (χ0) is 15.4. The minimum absolute atomic E-state index is 0.180. The van der Waals surface area contributed by atoms with Gasteiger partial charge >= 0.3 is 0 Å². The van der Waals surface area contributed by atoms with Crippen LogP contribution in [0.1, 0.15) is 40.3 Å². The molecule has 0 amide bonds. The van der Waals surface area contributed by atoms with E-state index in [1.54, 1.807) is 6.07 Å². The average molecular weight is 326 g/mol. The number of aryl methyl sites for hydroxylation is 2. The highest BCUT2D eigenvalue weighted by molar-refractivity contribution is 7.12. The zero-order valence-corrected chi connectivity index (χ0v) is 14.2.